The molecule has 28 heavy (non-hydrogen) atoms. The van der Waals surface area contributed by atoms with Crippen LogP contribution in [0.25, 0.3) is 10.9 Å². The van der Waals surface area contributed by atoms with Crippen molar-refractivity contribution in [2.45, 2.75) is 25.9 Å². The molecule has 4 rings (SSSR count). The van der Waals surface area contributed by atoms with Crippen molar-refractivity contribution in [3.8, 4) is 5.75 Å². The molecule has 144 valence electrons. The number of aromatic nitrogens is 1. The van der Waals surface area contributed by atoms with E-state index in [1.165, 1.54) is 10.9 Å². The Morgan fingerprint density at radius 2 is 1.96 bits per heavy atom. The second-order valence-electron chi connectivity index (χ2n) is 6.93. The van der Waals surface area contributed by atoms with Crippen LogP contribution in [0.1, 0.15) is 18.9 Å². The van der Waals surface area contributed by atoms with Gasteiger partial charge in [0, 0.05) is 36.6 Å². The van der Waals surface area contributed by atoms with Gasteiger partial charge in [-0.15, -0.1) is 0 Å². The summed E-state index contributed by atoms with van der Waals surface area (Å²) in [5, 5.41) is 4.13. The molecular formula is C22H23N3O3. The number of ether oxygens (including phenoxy) is 1. The fraction of sp³-hybridized carbons (Fsp3) is 0.273. The van der Waals surface area contributed by atoms with Crippen molar-refractivity contribution in [2.24, 2.45) is 0 Å². The van der Waals surface area contributed by atoms with Crippen molar-refractivity contribution in [2.75, 3.05) is 18.0 Å². The minimum absolute atomic E-state index is 0.0655. The lowest BCUT2D eigenvalue weighted by atomic mass is 10.1. The number of carbonyl (C=O) groups is 2. The van der Waals surface area contributed by atoms with Gasteiger partial charge in [0.15, 0.2) is 6.10 Å². The van der Waals surface area contributed by atoms with Crippen LogP contribution < -0.4 is 15.0 Å². The molecule has 1 unspecified atom stereocenters. The zero-order chi connectivity index (χ0) is 19.5. The molecule has 0 aliphatic carbocycles. The van der Waals surface area contributed by atoms with Crippen molar-refractivity contribution < 1.29 is 14.3 Å². The number of carbonyl (C=O) groups excluding carboxylic acids is 2. The first-order valence-electron chi connectivity index (χ1n) is 9.52. The van der Waals surface area contributed by atoms with Crippen LogP contribution in [0.5, 0.6) is 5.75 Å². The van der Waals surface area contributed by atoms with Crippen molar-refractivity contribution in [1.82, 2.24) is 10.3 Å². The number of fused-ring (bicyclic) bond motifs is 2. The van der Waals surface area contributed by atoms with Crippen LogP contribution in [-0.2, 0) is 16.0 Å². The zero-order valence-corrected chi connectivity index (χ0v) is 15.8. The van der Waals surface area contributed by atoms with Gasteiger partial charge in [0.1, 0.15) is 5.75 Å². The Kier molecular flexibility index (Phi) is 5.02. The minimum atomic E-state index is -0.542. The average molecular weight is 377 g/mol. The van der Waals surface area contributed by atoms with E-state index in [1.54, 1.807) is 11.8 Å². The number of nitrogens with zero attached hydrogens (tertiary/aromatic N) is 1. The van der Waals surface area contributed by atoms with E-state index in [0.717, 1.165) is 17.6 Å². The van der Waals surface area contributed by atoms with Gasteiger partial charge in [0.2, 0.25) is 5.91 Å². The summed E-state index contributed by atoms with van der Waals surface area (Å²) in [6.45, 7) is 2.62. The van der Waals surface area contributed by atoms with Crippen molar-refractivity contribution in [1.29, 1.82) is 0 Å². The van der Waals surface area contributed by atoms with Gasteiger partial charge in [-0.25, -0.2) is 0 Å². The van der Waals surface area contributed by atoms with Gasteiger partial charge < -0.3 is 19.9 Å². The SMILES string of the molecule is CC1Oc2ccccc2N(CCC(=O)NCCc2c[nH]c3ccccc23)C1=O. The lowest BCUT2D eigenvalue weighted by Crippen LogP contribution is -2.45. The first-order valence-corrected chi connectivity index (χ1v) is 9.52. The highest BCUT2D eigenvalue weighted by atomic mass is 16.5. The van der Waals surface area contributed by atoms with Gasteiger partial charge >= 0.3 is 0 Å². The molecule has 0 saturated heterocycles. The van der Waals surface area contributed by atoms with Gasteiger partial charge in [-0.05, 0) is 37.1 Å². The zero-order valence-electron chi connectivity index (χ0n) is 15.8. The molecule has 2 N–H and O–H groups in total. The Morgan fingerprint density at radius 1 is 1.18 bits per heavy atom. The highest BCUT2D eigenvalue weighted by molar-refractivity contribution is 6.00. The van der Waals surface area contributed by atoms with Crippen molar-refractivity contribution >= 4 is 28.4 Å². The Morgan fingerprint density at radius 3 is 2.86 bits per heavy atom. The maximum Gasteiger partial charge on any atom is 0.267 e. The molecule has 1 aliphatic rings. The van der Waals surface area contributed by atoms with E-state index in [0.29, 0.717) is 18.8 Å². The highest BCUT2D eigenvalue weighted by Gasteiger charge is 2.31. The van der Waals surface area contributed by atoms with E-state index in [-0.39, 0.29) is 18.2 Å². The first-order chi connectivity index (χ1) is 13.6. The standard InChI is InChI=1S/C22H23N3O3/c1-15-22(27)25(19-8-4-5-9-20(19)28-15)13-11-21(26)23-12-10-16-14-24-18-7-3-2-6-17(16)18/h2-9,14-15,24H,10-13H2,1H3,(H,23,26). The number of hydrogen-bond donors (Lipinski definition) is 2. The Hall–Kier alpha value is -3.28. The van der Waals surface area contributed by atoms with Crippen LogP contribution in [0.3, 0.4) is 0 Å². The summed E-state index contributed by atoms with van der Waals surface area (Å²) in [5.74, 6) is 0.490. The van der Waals surface area contributed by atoms with E-state index < -0.39 is 6.10 Å². The Labute approximate surface area is 163 Å². The summed E-state index contributed by atoms with van der Waals surface area (Å²) in [6.07, 6.45) is 2.45. The number of aromatic amines is 1. The normalized spacial score (nSPS) is 16.0. The van der Waals surface area contributed by atoms with Crippen LogP contribution in [-0.4, -0.2) is 36.0 Å². The molecule has 1 atom stereocenters. The summed E-state index contributed by atoms with van der Waals surface area (Å²) in [7, 11) is 0. The van der Waals surface area contributed by atoms with E-state index in [2.05, 4.69) is 16.4 Å². The minimum Gasteiger partial charge on any atom is -0.479 e. The van der Waals surface area contributed by atoms with Gasteiger partial charge in [0.05, 0.1) is 5.69 Å². The quantitative estimate of drug-likeness (QED) is 0.693. The monoisotopic (exact) mass is 377 g/mol. The number of H-pyrrole nitrogens is 1. The third-order valence-corrected chi connectivity index (χ3v) is 5.03. The number of amides is 2. The van der Waals surface area contributed by atoms with Gasteiger partial charge in [0.25, 0.3) is 5.91 Å². The molecule has 6 heteroatoms. The molecule has 2 aromatic carbocycles. The second kappa shape index (κ2) is 7.76. The molecule has 1 aliphatic heterocycles. The number of hydrogen-bond acceptors (Lipinski definition) is 3. The predicted octanol–water partition coefficient (Wildman–Crippen LogP) is 3.03. The Bertz CT molecular complexity index is 1010. The van der Waals surface area contributed by atoms with Crippen LogP contribution in [0, 0.1) is 0 Å². The second-order valence-corrected chi connectivity index (χ2v) is 6.93. The van der Waals surface area contributed by atoms with E-state index in [1.807, 2.05) is 48.7 Å². The van der Waals surface area contributed by atoms with Crippen molar-refractivity contribution in [3.63, 3.8) is 0 Å². The first kappa shape index (κ1) is 18.1. The summed E-state index contributed by atoms with van der Waals surface area (Å²) < 4.78 is 5.63. The van der Waals surface area contributed by atoms with E-state index in [9.17, 15) is 9.59 Å². The number of nitrogens with one attached hydrogen (secondary N) is 2. The largest absolute Gasteiger partial charge is 0.479 e. The van der Waals surface area contributed by atoms with Crippen LogP contribution in [0.4, 0.5) is 5.69 Å². The van der Waals surface area contributed by atoms with Gasteiger partial charge in [-0.2, -0.15) is 0 Å². The lowest BCUT2D eigenvalue weighted by molar-refractivity contribution is -0.125. The van der Waals surface area contributed by atoms with Crippen LogP contribution >= 0.6 is 0 Å². The van der Waals surface area contributed by atoms with Crippen molar-refractivity contribution in [3.05, 3.63) is 60.3 Å². The molecule has 0 fully saturated rings. The van der Waals surface area contributed by atoms with Gasteiger partial charge in [-0.1, -0.05) is 30.3 Å². The molecule has 0 radical (unpaired) electrons. The van der Waals surface area contributed by atoms with E-state index in [4.69, 9.17) is 4.74 Å². The highest BCUT2D eigenvalue weighted by Crippen LogP contribution is 2.33. The number of para-hydroxylation sites is 3. The summed E-state index contributed by atoms with van der Waals surface area (Å²) in [5.41, 5.74) is 3.00. The third kappa shape index (κ3) is 3.58. The fourth-order valence-corrected chi connectivity index (χ4v) is 3.57. The molecule has 3 aromatic rings. The molecular weight excluding hydrogens is 354 g/mol. The maximum absolute atomic E-state index is 12.5. The molecule has 0 saturated carbocycles. The Balaban J connectivity index is 1.31. The van der Waals surface area contributed by atoms with Gasteiger partial charge in [-0.3, -0.25) is 9.59 Å². The topological polar surface area (TPSA) is 74.4 Å². The van der Waals surface area contributed by atoms with Crippen LogP contribution in [0.15, 0.2) is 54.7 Å². The molecule has 2 heterocycles. The molecule has 2 amide bonds. The predicted molar refractivity (Wildman–Crippen MR) is 109 cm³/mol. The number of benzene rings is 2. The number of rotatable bonds is 6. The molecule has 0 spiro atoms. The summed E-state index contributed by atoms with van der Waals surface area (Å²) >= 11 is 0. The molecule has 6 nitrogen and oxygen atoms in total. The molecule has 1 aromatic heterocycles. The lowest BCUT2D eigenvalue weighted by Gasteiger charge is -2.32. The van der Waals surface area contributed by atoms with Crippen LogP contribution in [0.2, 0.25) is 0 Å². The fourth-order valence-electron chi connectivity index (χ4n) is 3.57. The smallest absolute Gasteiger partial charge is 0.267 e. The third-order valence-electron chi connectivity index (χ3n) is 5.03. The number of anilines is 1. The summed E-state index contributed by atoms with van der Waals surface area (Å²) in [4.78, 5) is 29.6. The van der Waals surface area contributed by atoms with E-state index >= 15 is 0 Å². The molecule has 0 bridgehead atoms. The maximum atomic E-state index is 12.5. The average Bonchev–Trinajstić information content (AvgIpc) is 3.12. The summed E-state index contributed by atoms with van der Waals surface area (Å²) in [6, 6.07) is 15.5.